The molecule has 1 N–H and O–H groups in total. The molecular weight excluding hydrogens is 344 g/mol. The molecule has 0 radical (unpaired) electrons. The van der Waals surface area contributed by atoms with E-state index in [4.69, 9.17) is 0 Å². The third-order valence-electron chi connectivity index (χ3n) is 5.10. The molecule has 0 atom stereocenters. The third kappa shape index (κ3) is 3.90. The Morgan fingerprint density at radius 1 is 1.27 bits per heavy atom. The number of carbonyl (C=O) groups excluding carboxylic acids is 1. The molecule has 0 spiro atoms. The highest BCUT2D eigenvalue weighted by molar-refractivity contribution is 7.20. The smallest absolute Gasteiger partial charge is 0.264 e. The van der Waals surface area contributed by atoms with Gasteiger partial charge in [0.1, 0.15) is 17.0 Å². The second-order valence-corrected chi connectivity index (χ2v) is 7.72. The predicted molar refractivity (Wildman–Crippen MR) is 109 cm³/mol. The number of carbonyl (C=O) groups is 1. The number of nitrogens with zero attached hydrogens (tertiary/aromatic N) is 3. The van der Waals surface area contributed by atoms with Crippen LogP contribution in [0.4, 0.5) is 5.82 Å². The van der Waals surface area contributed by atoms with E-state index in [9.17, 15) is 4.79 Å². The summed E-state index contributed by atoms with van der Waals surface area (Å²) in [6.07, 6.45) is 10.1. The summed E-state index contributed by atoms with van der Waals surface area (Å²) >= 11 is 1.47. The minimum absolute atomic E-state index is 0.0915. The van der Waals surface area contributed by atoms with Gasteiger partial charge in [0.2, 0.25) is 0 Å². The molecule has 2 aromatic rings. The first-order valence-electron chi connectivity index (χ1n) is 9.60. The number of allylic oxidation sites excluding steroid dienone is 1. The standard InChI is InChI=1S/C20H28N4OS/c1-4-24(5-2)20(25)17-14(3)16-18(22-13-23-19(16)26-17)21-12-11-15-9-7-6-8-10-15/h9,13H,4-8,10-12H2,1-3H3,(H,21,22,23). The van der Waals surface area contributed by atoms with Gasteiger partial charge in [-0.25, -0.2) is 9.97 Å². The van der Waals surface area contributed by atoms with E-state index in [0.717, 1.165) is 52.5 Å². The molecule has 26 heavy (non-hydrogen) atoms. The molecule has 0 bridgehead atoms. The summed E-state index contributed by atoms with van der Waals surface area (Å²) in [6.45, 7) is 8.33. The molecule has 0 aromatic carbocycles. The number of hydrogen-bond donors (Lipinski definition) is 1. The van der Waals surface area contributed by atoms with Crippen molar-refractivity contribution in [3.63, 3.8) is 0 Å². The van der Waals surface area contributed by atoms with Gasteiger partial charge in [-0.3, -0.25) is 4.79 Å². The maximum absolute atomic E-state index is 12.8. The Hall–Kier alpha value is -1.95. The van der Waals surface area contributed by atoms with Crippen molar-refractivity contribution in [1.29, 1.82) is 0 Å². The van der Waals surface area contributed by atoms with Crippen molar-refractivity contribution in [3.8, 4) is 0 Å². The molecule has 2 heterocycles. The van der Waals surface area contributed by atoms with Gasteiger partial charge in [0.05, 0.1) is 10.3 Å². The van der Waals surface area contributed by atoms with Crippen LogP contribution >= 0.6 is 11.3 Å². The number of hydrogen-bond acceptors (Lipinski definition) is 5. The highest BCUT2D eigenvalue weighted by Gasteiger charge is 2.22. The van der Waals surface area contributed by atoms with Crippen LogP contribution in [0.1, 0.15) is 61.2 Å². The van der Waals surface area contributed by atoms with E-state index in [-0.39, 0.29) is 5.91 Å². The lowest BCUT2D eigenvalue weighted by atomic mass is 9.97. The molecule has 1 aliphatic carbocycles. The average molecular weight is 373 g/mol. The predicted octanol–water partition coefficient (Wildman–Crippen LogP) is 4.78. The highest BCUT2D eigenvalue weighted by atomic mass is 32.1. The molecule has 6 heteroatoms. The van der Waals surface area contributed by atoms with Crippen LogP contribution < -0.4 is 5.32 Å². The summed E-state index contributed by atoms with van der Waals surface area (Å²) in [4.78, 5) is 25.2. The van der Waals surface area contributed by atoms with Crippen LogP contribution in [0.15, 0.2) is 18.0 Å². The molecule has 0 unspecified atom stereocenters. The zero-order chi connectivity index (χ0) is 18.5. The van der Waals surface area contributed by atoms with E-state index in [0.29, 0.717) is 0 Å². The summed E-state index contributed by atoms with van der Waals surface area (Å²) in [7, 11) is 0. The molecule has 140 valence electrons. The minimum atomic E-state index is 0.0915. The number of nitrogens with one attached hydrogen (secondary N) is 1. The maximum Gasteiger partial charge on any atom is 0.264 e. The number of amides is 1. The summed E-state index contributed by atoms with van der Waals surface area (Å²) in [5.74, 6) is 0.938. The summed E-state index contributed by atoms with van der Waals surface area (Å²) in [5, 5.41) is 4.47. The van der Waals surface area contributed by atoms with Crippen LogP contribution in [0.25, 0.3) is 10.2 Å². The number of aromatic nitrogens is 2. The van der Waals surface area contributed by atoms with Gasteiger partial charge in [-0.05, 0) is 58.4 Å². The number of thiophene rings is 1. The van der Waals surface area contributed by atoms with Crippen molar-refractivity contribution in [1.82, 2.24) is 14.9 Å². The van der Waals surface area contributed by atoms with Crippen molar-refractivity contribution >= 4 is 33.3 Å². The van der Waals surface area contributed by atoms with E-state index < -0.39 is 0 Å². The SMILES string of the molecule is CCN(CC)C(=O)c1sc2ncnc(NCCC3=CCCCC3)c2c1C. The fourth-order valence-electron chi connectivity index (χ4n) is 3.54. The van der Waals surface area contributed by atoms with Crippen molar-refractivity contribution in [3.05, 3.63) is 28.4 Å². The van der Waals surface area contributed by atoms with Crippen LogP contribution in [-0.2, 0) is 0 Å². The van der Waals surface area contributed by atoms with Gasteiger partial charge >= 0.3 is 0 Å². The first-order valence-corrected chi connectivity index (χ1v) is 10.4. The van der Waals surface area contributed by atoms with E-state index in [1.807, 2.05) is 25.7 Å². The first kappa shape index (κ1) is 18.8. The normalized spacial score (nSPS) is 14.3. The Morgan fingerprint density at radius 3 is 2.77 bits per heavy atom. The van der Waals surface area contributed by atoms with Gasteiger partial charge in [-0.1, -0.05) is 11.6 Å². The Bertz CT molecular complexity index is 807. The molecule has 0 saturated heterocycles. The summed E-state index contributed by atoms with van der Waals surface area (Å²) < 4.78 is 0. The average Bonchev–Trinajstić information content (AvgIpc) is 3.01. The Labute approximate surface area is 159 Å². The van der Waals surface area contributed by atoms with Gasteiger partial charge in [0, 0.05) is 19.6 Å². The molecule has 0 saturated carbocycles. The largest absolute Gasteiger partial charge is 0.369 e. The van der Waals surface area contributed by atoms with E-state index in [2.05, 4.69) is 21.4 Å². The number of aryl methyl sites for hydroxylation is 1. The van der Waals surface area contributed by atoms with Crippen molar-refractivity contribution < 1.29 is 4.79 Å². The minimum Gasteiger partial charge on any atom is -0.369 e. The Morgan fingerprint density at radius 2 is 2.08 bits per heavy atom. The lowest BCUT2D eigenvalue weighted by Gasteiger charge is -2.18. The van der Waals surface area contributed by atoms with Crippen LogP contribution in [0.3, 0.4) is 0 Å². The number of anilines is 1. The molecule has 0 aliphatic heterocycles. The summed E-state index contributed by atoms with van der Waals surface area (Å²) in [6, 6.07) is 0. The second-order valence-electron chi connectivity index (χ2n) is 6.72. The lowest BCUT2D eigenvalue weighted by molar-refractivity contribution is 0.0777. The fraction of sp³-hybridized carbons (Fsp3) is 0.550. The van der Waals surface area contributed by atoms with Gasteiger partial charge < -0.3 is 10.2 Å². The van der Waals surface area contributed by atoms with Crippen LogP contribution in [-0.4, -0.2) is 40.4 Å². The van der Waals surface area contributed by atoms with Crippen LogP contribution in [0, 0.1) is 6.92 Å². The van der Waals surface area contributed by atoms with Gasteiger partial charge in [0.15, 0.2) is 0 Å². The molecular formula is C20H28N4OS. The Balaban J connectivity index is 1.80. The van der Waals surface area contributed by atoms with Gasteiger partial charge in [0.25, 0.3) is 5.91 Å². The molecule has 0 fully saturated rings. The topological polar surface area (TPSA) is 58.1 Å². The second kappa shape index (κ2) is 8.62. The molecule has 5 nitrogen and oxygen atoms in total. The van der Waals surface area contributed by atoms with Gasteiger partial charge in [-0.2, -0.15) is 0 Å². The van der Waals surface area contributed by atoms with Crippen LogP contribution in [0.2, 0.25) is 0 Å². The van der Waals surface area contributed by atoms with E-state index in [1.165, 1.54) is 37.0 Å². The molecule has 3 rings (SSSR count). The number of rotatable bonds is 7. The van der Waals surface area contributed by atoms with Crippen LogP contribution in [0.5, 0.6) is 0 Å². The quantitative estimate of drug-likeness (QED) is 0.710. The zero-order valence-corrected chi connectivity index (χ0v) is 16.8. The van der Waals surface area contributed by atoms with Crippen molar-refractivity contribution in [2.75, 3.05) is 25.0 Å². The van der Waals surface area contributed by atoms with Crippen molar-refractivity contribution in [2.45, 2.75) is 52.9 Å². The van der Waals surface area contributed by atoms with Gasteiger partial charge in [-0.15, -0.1) is 11.3 Å². The van der Waals surface area contributed by atoms with Crippen molar-refractivity contribution in [2.24, 2.45) is 0 Å². The third-order valence-corrected chi connectivity index (χ3v) is 6.28. The lowest BCUT2D eigenvalue weighted by Crippen LogP contribution is -2.30. The van der Waals surface area contributed by atoms with E-state index >= 15 is 0 Å². The number of fused-ring (bicyclic) bond motifs is 1. The Kier molecular flexibility index (Phi) is 6.25. The zero-order valence-electron chi connectivity index (χ0n) is 16.0. The molecule has 2 aromatic heterocycles. The molecule has 1 aliphatic rings. The summed E-state index contributed by atoms with van der Waals surface area (Å²) in [5.41, 5.74) is 2.54. The fourth-order valence-corrected chi connectivity index (χ4v) is 4.65. The highest BCUT2D eigenvalue weighted by Crippen LogP contribution is 2.34. The molecule has 1 amide bonds. The first-order chi connectivity index (χ1) is 12.7. The monoisotopic (exact) mass is 372 g/mol. The maximum atomic E-state index is 12.8. The van der Waals surface area contributed by atoms with E-state index in [1.54, 1.807) is 11.9 Å².